The van der Waals surface area contributed by atoms with E-state index in [1.165, 1.54) is 29.2 Å². The minimum atomic E-state index is -1.06. The first-order valence-electron chi connectivity index (χ1n) is 6.46. The fourth-order valence-electron chi connectivity index (χ4n) is 1.72. The number of benzene rings is 1. The number of hydrogen-bond acceptors (Lipinski definition) is 4. The number of primary amides is 1. The van der Waals surface area contributed by atoms with E-state index in [4.69, 9.17) is 15.6 Å². The maximum Gasteiger partial charge on any atom is 0.323 e. The van der Waals surface area contributed by atoms with Crippen LogP contribution in [-0.4, -0.2) is 47.5 Å². The number of carboxylic acids is 1. The molecule has 0 aliphatic carbocycles. The molecule has 1 rings (SSSR count). The SMILES string of the molecule is CCCN(CC(=O)O)C(=O)c1ccc(OCC(N)=O)cc1. The van der Waals surface area contributed by atoms with Gasteiger partial charge in [0.1, 0.15) is 12.3 Å². The molecule has 0 radical (unpaired) electrons. The van der Waals surface area contributed by atoms with Crippen molar-refractivity contribution in [2.24, 2.45) is 5.73 Å². The lowest BCUT2D eigenvalue weighted by molar-refractivity contribution is -0.137. The Morgan fingerprint density at radius 3 is 2.33 bits per heavy atom. The molecule has 0 aliphatic rings. The zero-order chi connectivity index (χ0) is 15.8. The van der Waals surface area contributed by atoms with Gasteiger partial charge < -0.3 is 20.5 Å². The highest BCUT2D eigenvalue weighted by atomic mass is 16.5. The maximum absolute atomic E-state index is 12.2. The highest BCUT2D eigenvalue weighted by Gasteiger charge is 2.17. The van der Waals surface area contributed by atoms with Gasteiger partial charge in [0.25, 0.3) is 11.8 Å². The average molecular weight is 294 g/mol. The van der Waals surface area contributed by atoms with Crippen LogP contribution in [0.5, 0.6) is 5.75 Å². The molecule has 0 aliphatic heterocycles. The summed E-state index contributed by atoms with van der Waals surface area (Å²) in [4.78, 5) is 34.8. The summed E-state index contributed by atoms with van der Waals surface area (Å²) in [6, 6.07) is 6.09. The number of nitrogens with two attached hydrogens (primary N) is 1. The molecule has 1 aromatic carbocycles. The van der Waals surface area contributed by atoms with Gasteiger partial charge >= 0.3 is 5.97 Å². The smallest absolute Gasteiger partial charge is 0.323 e. The summed E-state index contributed by atoms with van der Waals surface area (Å²) in [7, 11) is 0. The maximum atomic E-state index is 12.2. The molecule has 0 fully saturated rings. The van der Waals surface area contributed by atoms with Crippen molar-refractivity contribution in [3.63, 3.8) is 0 Å². The van der Waals surface area contributed by atoms with Crippen LogP contribution in [0.25, 0.3) is 0 Å². The molecule has 7 nitrogen and oxygen atoms in total. The van der Waals surface area contributed by atoms with Gasteiger partial charge in [-0.15, -0.1) is 0 Å². The molecule has 3 N–H and O–H groups in total. The van der Waals surface area contributed by atoms with Crippen LogP contribution in [0.2, 0.25) is 0 Å². The normalized spacial score (nSPS) is 9.95. The number of hydrogen-bond donors (Lipinski definition) is 2. The lowest BCUT2D eigenvalue weighted by Gasteiger charge is -2.20. The van der Waals surface area contributed by atoms with E-state index in [0.29, 0.717) is 24.3 Å². The second-order valence-electron chi connectivity index (χ2n) is 4.40. The number of amides is 2. The third-order valence-electron chi connectivity index (χ3n) is 2.59. The van der Waals surface area contributed by atoms with Gasteiger partial charge in [-0.25, -0.2) is 0 Å². The highest BCUT2D eigenvalue weighted by molar-refractivity contribution is 5.95. The average Bonchev–Trinajstić information content (AvgIpc) is 2.44. The van der Waals surface area contributed by atoms with Crippen molar-refractivity contribution in [2.45, 2.75) is 13.3 Å². The number of rotatable bonds is 8. The minimum absolute atomic E-state index is 0.242. The summed E-state index contributed by atoms with van der Waals surface area (Å²) in [5.41, 5.74) is 5.32. The van der Waals surface area contributed by atoms with Crippen molar-refractivity contribution in [1.82, 2.24) is 4.90 Å². The van der Waals surface area contributed by atoms with E-state index in [1.54, 1.807) is 0 Å². The Labute approximate surface area is 122 Å². The molecule has 0 spiro atoms. The quantitative estimate of drug-likeness (QED) is 0.725. The minimum Gasteiger partial charge on any atom is -0.484 e. The predicted octanol–water partition coefficient (Wildman–Crippen LogP) is 0.488. The molecule has 21 heavy (non-hydrogen) atoms. The number of nitrogens with zero attached hydrogens (tertiary/aromatic N) is 1. The van der Waals surface area contributed by atoms with Gasteiger partial charge in [0.15, 0.2) is 6.61 Å². The Kier molecular flexibility index (Phi) is 6.19. The van der Waals surface area contributed by atoms with E-state index in [1.807, 2.05) is 6.92 Å². The summed E-state index contributed by atoms with van der Waals surface area (Å²) in [6.45, 7) is 1.65. The first-order valence-corrected chi connectivity index (χ1v) is 6.46. The molecule has 0 aromatic heterocycles. The molecule has 7 heteroatoms. The van der Waals surface area contributed by atoms with Gasteiger partial charge in [-0.2, -0.15) is 0 Å². The van der Waals surface area contributed by atoms with Crippen LogP contribution < -0.4 is 10.5 Å². The number of ether oxygens (including phenoxy) is 1. The topological polar surface area (TPSA) is 110 Å². The largest absolute Gasteiger partial charge is 0.484 e. The highest BCUT2D eigenvalue weighted by Crippen LogP contribution is 2.14. The first-order chi connectivity index (χ1) is 9.93. The molecule has 2 amide bonds. The Bertz CT molecular complexity index is 513. The molecule has 0 atom stereocenters. The first kappa shape index (κ1) is 16.5. The van der Waals surface area contributed by atoms with Crippen molar-refractivity contribution >= 4 is 17.8 Å². The lowest BCUT2D eigenvalue weighted by Crippen LogP contribution is -2.36. The van der Waals surface area contributed by atoms with Crippen molar-refractivity contribution in [1.29, 1.82) is 0 Å². The Balaban J connectivity index is 2.76. The number of carboxylic acid groups (broad SMARTS) is 1. The van der Waals surface area contributed by atoms with Gasteiger partial charge in [0.2, 0.25) is 0 Å². The van der Waals surface area contributed by atoms with E-state index in [0.717, 1.165) is 0 Å². The Morgan fingerprint density at radius 1 is 1.24 bits per heavy atom. The molecule has 0 bridgehead atoms. The third-order valence-corrected chi connectivity index (χ3v) is 2.59. The lowest BCUT2D eigenvalue weighted by atomic mass is 10.2. The summed E-state index contributed by atoms with van der Waals surface area (Å²) in [6.07, 6.45) is 0.666. The van der Waals surface area contributed by atoms with Crippen LogP contribution in [-0.2, 0) is 9.59 Å². The molecule has 1 aromatic rings. The van der Waals surface area contributed by atoms with E-state index >= 15 is 0 Å². The van der Waals surface area contributed by atoms with Gasteiger partial charge in [0.05, 0.1) is 0 Å². The van der Waals surface area contributed by atoms with Crippen molar-refractivity contribution in [3.8, 4) is 5.75 Å². The summed E-state index contributed by atoms with van der Waals surface area (Å²) < 4.78 is 5.08. The summed E-state index contributed by atoms with van der Waals surface area (Å²) in [5, 5.41) is 8.81. The summed E-state index contributed by atoms with van der Waals surface area (Å²) >= 11 is 0. The molecule has 0 heterocycles. The van der Waals surface area contributed by atoms with Crippen LogP contribution in [0.3, 0.4) is 0 Å². The zero-order valence-corrected chi connectivity index (χ0v) is 11.7. The van der Waals surface area contributed by atoms with Crippen molar-refractivity contribution in [2.75, 3.05) is 19.7 Å². The second-order valence-corrected chi connectivity index (χ2v) is 4.40. The standard InChI is InChI=1S/C14H18N2O5/c1-2-7-16(8-13(18)19)14(20)10-3-5-11(6-4-10)21-9-12(15)17/h3-6H,2,7-9H2,1H3,(H2,15,17)(H,18,19). The van der Waals surface area contributed by atoms with Gasteiger partial charge in [-0.05, 0) is 30.7 Å². The van der Waals surface area contributed by atoms with Gasteiger partial charge in [-0.1, -0.05) is 6.92 Å². The zero-order valence-electron chi connectivity index (χ0n) is 11.7. The number of aliphatic carboxylic acids is 1. The Morgan fingerprint density at radius 2 is 1.86 bits per heavy atom. The van der Waals surface area contributed by atoms with Gasteiger partial charge in [0, 0.05) is 12.1 Å². The third kappa shape index (κ3) is 5.52. The van der Waals surface area contributed by atoms with Crippen molar-refractivity contribution in [3.05, 3.63) is 29.8 Å². The molecular formula is C14H18N2O5. The van der Waals surface area contributed by atoms with Crippen LogP contribution in [0, 0.1) is 0 Å². The molecule has 0 unspecified atom stereocenters. The van der Waals surface area contributed by atoms with Crippen LogP contribution >= 0.6 is 0 Å². The van der Waals surface area contributed by atoms with Gasteiger partial charge in [-0.3, -0.25) is 14.4 Å². The molecule has 0 saturated carbocycles. The fraction of sp³-hybridized carbons (Fsp3) is 0.357. The number of carbonyl (C=O) groups is 3. The van der Waals surface area contributed by atoms with Crippen LogP contribution in [0.1, 0.15) is 23.7 Å². The predicted molar refractivity (Wildman–Crippen MR) is 75.0 cm³/mol. The molecular weight excluding hydrogens is 276 g/mol. The van der Waals surface area contributed by atoms with E-state index in [2.05, 4.69) is 0 Å². The van der Waals surface area contributed by atoms with E-state index < -0.39 is 11.9 Å². The Hall–Kier alpha value is -2.57. The number of carbonyl (C=O) groups excluding carboxylic acids is 2. The molecule has 0 saturated heterocycles. The monoisotopic (exact) mass is 294 g/mol. The second kappa shape index (κ2) is 7.88. The van der Waals surface area contributed by atoms with Crippen LogP contribution in [0.15, 0.2) is 24.3 Å². The van der Waals surface area contributed by atoms with Crippen molar-refractivity contribution < 1.29 is 24.2 Å². The fourth-order valence-corrected chi connectivity index (χ4v) is 1.72. The van der Waals surface area contributed by atoms with E-state index in [9.17, 15) is 14.4 Å². The summed E-state index contributed by atoms with van der Waals surface area (Å²) in [5.74, 6) is -1.60. The van der Waals surface area contributed by atoms with E-state index in [-0.39, 0.29) is 19.1 Å². The molecule has 114 valence electrons. The van der Waals surface area contributed by atoms with Crippen LogP contribution in [0.4, 0.5) is 0 Å².